The summed E-state index contributed by atoms with van der Waals surface area (Å²) in [6, 6.07) is 14.7. The number of hydrogen-bond donors (Lipinski definition) is 1. The van der Waals surface area contributed by atoms with Gasteiger partial charge in [-0.05, 0) is 16.3 Å². The molecular weight excluding hydrogens is 182 g/mol. The van der Waals surface area contributed by atoms with Crippen LogP contribution in [0.4, 0.5) is 0 Å². The van der Waals surface area contributed by atoms with E-state index in [1.54, 1.807) is 0 Å². The standard InChI is InChI=1S/C14H13N/c1-2-10-15-11-13-8-5-7-12-6-3-4-9-14(12)13/h1,3-9,15H,10-11H2. The summed E-state index contributed by atoms with van der Waals surface area (Å²) in [6.07, 6.45) is 5.19. The first-order valence-electron chi connectivity index (χ1n) is 5.02. The monoisotopic (exact) mass is 195 g/mol. The predicted molar refractivity (Wildman–Crippen MR) is 64.5 cm³/mol. The van der Waals surface area contributed by atoms with Gasteiger partial charge in [0.25, 0.3) is 0 Å². The maximum Gasteiger partial charge on any atom is 0.0576 e. The quantitative estimate of drug-likeness (QED) is 0.586. The summed E-state index contributed by atoms with van der Waals surface area (Å²) in [7, 11) is 0. The largest absolute Gasteiger partial charge is 0.302 e. The molecule has 1 heteroatoms. The number of rotatable bonds is 3. The van der Waals surface area contributed by atoms with E-state index >= 15 is 0 Å². The van der Waals surface area contributed by atoms with Crippen LogP contribution >= 0.6 is 0 Å². The molecule has 1 N–H and O–H groups in total. The van der Waals surface area contributed by atoms with Gasteiger partial charge in [0, 0.05) is 6.54 Å². The summed E-state index contributed by atoms with van der Waals surface area (Å²) < 4.78 is 0. The van der Waals surface area contributed by atoms with E-state index in [0.29, 0.717) is 6.54 Å². The van der Waals surface area contributed by atoms with E-state index < -0.39 is 0 Å². The summed E-state index contributed by atoms with van der Waals surface area (Å²) in [4.78, 5) is 0. The first-order chi connectivity index (χ1) is 7.42. The second kappa shape index (κ2) is 4.63. The van der Waals surface area contributed by atoms with Gasteiger partial charge in [-0.1, -0.05) is 48.4 Å². The lowest BCUT2D eigenvalue weighted by Gasteiger charge is -2.06. The molecule has 2 aromatic rings. The maximum absolute atomic E-state index is 5.19. The zero-order valence-electron chi connectivity index (χ0n) is 8.53. The topological polar surface area (TPSA) is 12.0 Å². The SMILES string of the molecule is C#CCNCc1cccc2ccccc12. The molecule has 0 amide bonds. The normalized spacial score (nSPS) is 10.1. The zero-order chi connectivity index (χ0) is 10.5. The lowest BCUT2D eigenvalue weighted by atomic mass is 10.0. The first kappa shape index (κ1) is 9.76. The van der Waals surface area contributed by atoms with Crippen molar-refractivity contribution in [3.8, 4) is 12.3 Å². The molecule has 1 nitrogen and oxygen atoms in total. The molecule has 0 aliphatic rings. The molecule has 0 radical (unpaired) electrons. The van der Waals surface area contributed by atoms with Crippen molar-refractivity contribution in [1.29, 1.82) is 0 Å². The Bertz CT molecular complexity index is 489. The fraction of sp³-hybridized carbons (Fsp3) is 0.143. The van der Waals surface area contributed by atoms with Gasteiger partial charge in [0.15, 0.2) is 0 Å². The molecule has 0 fully saturated rings. The second-order valence-corrected chi connectivity index (χ2v) is 3.45. The third-order valence-corrected chi connectivity index (χ3v) is 2.42. The van der Waals surface area contributed by atoms with Gasteiger partial charge in [-0.2, -0.15) is 0 Å². The van der Waals surface area contributed by atoms with Crippen molar-refractivity contribution < 1.29 is 0 Å². The van der Waals surface area contributed by atoms with Crippen LogP contribution in [0.3, 0.4) is 0 Å². The summed E-state index contributed by atoms with van der Waals surface area (Å²) >= 11 is 0. The van der Waals surface area contributed by atoms with Crippen LogP contribution in [0.25, 0.3) is 10.8 Å². The molecule has 0 bridgehead atoms. The lowest BCUT2D eigenvalue weighted by molar-refractivity contribution is 0.775. The number of terminal acetylenes is 1. The number of nitrogens with one attached hydrogen (secondary N) is 1. The van der Waals surface area contributed by atoms with E-state index in [9.17, 15) is 0 Å². The van der Waals surface area contributed by atoms with Crippen LogP contribution in [0.1, 0.15) is 5.56 Å². The van der Waals surface area contributed by atoms with Crippen LogP contribution in [0, 0.1) is 12.3 Å². The number of fused-ring (bicyclic) bond motifs is 1. The molecule has 0 saturated heterocycles. The van der Waals surface area contributed by atoms with Gasteiger partial charge in [0.2, 0.25) is 0 Å². The van der Waals surface area contributed by atoms with Gasteiger partial charge in [0.1, 0.15) is 0 Å². The Morgan fingerprint density at radius 3 is 2.73 bits per heavy atom. The highest BCUT2D eigenvalue weighted by Gasteiger charge is 1.98. The fourth-order valence-corrected chi connectivity index (χ4v) is 1.72. The minimum absolute atomic E-state index is 0.614. The molecule has 0 atom stereocenters. The first-order valence-corrected chi connectivity index (χ1v) is 5.02. The molecule has 0 saturated carbocycles. The Balaban J connectivity index is 2.31. The van der Waals surface area contributed by atoms with Crippen molar-refractivity contribution >= 4 is 10.8 Å². The van der Waals surface area contributed by atoms with Crippen LogP contribution < -0.4 is 5.32 Å². The molecule has 15 heavy (non-hydrogen) atoms. The highest BCUT2D eigenvalue weighted by Crippen LogP contribution is 2.17. The van der Waals surface area contributed by atoms with Gasteiger partial charge in [-0.3, -0.25) is 0 Å². The van der Waals surface area contributed by atoms with E-state index in [1.165, 1.54) is 16.3 Å². The molecule has 0 aliphatic carbocycles. The molecule has 0 heterocycles. The Morgan fingerprint density at radius 1 is 1.07 bits per heavy atom. The third kappa shape index (κ3) is 2.18. The van der Waals surface area contributed by atoms with Gasteiger partial charge in [0.05, 0.1) is 6.54 Å². The summed E-state index contributed by atoms with van der Waals surface area (Å²) in [5.41, 5.74) is 1.29. The minimum atomic E-state index is 0.614. The minimum Gasteiger partial charge on any atom is -0.302 e. The lowest BCUT2D eigenvalue weighted by Crippen LogP contribution is -2.13. The Morgan fingerprint density at radius 2 is 1.87 bits per heavy atom. The summed E-state index contributed by atoms with van der Waals surface area (Å²) in [6.45, 7) is 1.44. The van der Waals surface area contributed by atoms with Gasteiger partial charge >= 0.3 is 0 Å². The van der Waals surface area contributed by atoms with Crippen molar-refractivity contribution in [1.82, 2.24) is 5.32 Å². The molecule has 2 rings (SSSR count). The van der Waals surface area contributed by atoms with Crippen molar-refractivity contribution in [2.24, 2.45) is 0 Å². The summed E-state index contributed by atoms with van der Waals surface area (Å²) in [5.74, 6) is 2.57. The zero-order valence-corrected chi connectivity index (χ0v) is 8.53. The maximum atomic E-state index is 5.19. The van der Waals surface area contributed by atoms with E-state index in [4.69, 9.17) is 6.42 Å². The average Bonchev–Trinajstić information content (AvgIpc) is 2.30. The van der Waals surface area contributed by atoms with Gasteiger partial charge < -0.3 is 5.32 Å². The molecule has 0 aromatic heterocycles. The predicted octanol–water partition coefficient (Wildman–Crippen LogP) is 2.56. The van der Waals surface area contributed by atoms with Crippen LogP contribution in [0.2, 0.25) is 0 Å². The van der Waals surface area contributed by atoms with E-state index in [1.807, 2.05) is 0 Å². The molecule has 0 aliphatic heterocycles. The Kier molecular flexibility index (Phi) is 3.02. The van der Waals surface area contributed by atoms with Crippen molar-refractivity contribution in [3.63, 3.8) is 0 Å². The molecule has 0 unspecified atom stereocenters. The molecule has 0 spiro atoms. The molecule has 74 valence electrons. The van der Waals surface area contributed by atoms with Crippen LogP contribution in [0.5, 0.6) is 0 Å². The Labute approximate surface area is 90.1 Å². The van der Waals surface area contributed by atoms with E-state index in [2.05, 4.69) is 53.7 Å². The fourth-order valence-electron chi connectivity index (χ4n) is 1.72. The number of benzene rings is 2. The van der Waals surface area contributed by atoms with Gasteiger partial charge in [-0.15, -0.1) is 6.42 Å². The van der Waals surface area contributed by atoms with Crippen LogP contribution in [-0.4, -0.2) is 6.54 Å². The van der Waals surface area contributed by atoms with E-state index in [-0.39, 0.29) is 0 Å². The van der Waals surface area contributed by atoms with E-state index in [0.717, 1.165) is 6.54 Å². The number of hydrogen-bond acceptors (Lipinski definition) is 1. The van der Waals surface area contributed by atoms with Crippen molar-refractivity contribution in [2.45, 2.75) is 6.54 Å². The second-order valence-electron chi connectivity index (χ2n) is 3.45. The smallest absolute Gasteiger partial charge is 0.0576 e. The summed E-state index contributed by atoms with van der Waals surface area (Å²) in [5, 5.41) is 5.78. The average molecular weight is 195 g/mol. The highest BCUT2D eigenvalue weighted by atomic mass is 14.8. The molecule has 2 aromatic carbocycles. The van der Waals surface area contributed by atoms with Crippen molar-refractivity contribution in [2.75, 3.05) is 6.54 Å². The highest BCUT2D eigenvalue weighted by molar-refractivity contribution is 5.85. The van der Waals surface area contributed by atoms with Gasteiger partial charge in [-0.25, -0.2) is 0 Å². The molecular formula is C14H13N. The van der Waals surface area contributed by atoms with Crippen LogP contribution in [0.15, 0.2) is 42.5 Å². The third-order valence-electron chi connectivity index (χ3n) is 2.42. The van der Waals surface area contributed by atoms with Crippen molar-refractivity contribution in [3.05, 3.63) is 48.0 Å². The Hall–Kier alpha value is -1.78. The van der Waals surface area contributed by atoms with Crippen LogP contribution in [-0.2, 0) is 6.54 Å².